The number of benzene rings is 2. The Balaban J connectivity index is 1.76. The maximum Gasteiger partial charge on any atom is 0.141 e. The first-order valence-electron chi connectivity index (χ1n) is 11.4. The molecule has 2 aromatic rings. The highest BCUT2D eigenvalue weighted by Crippen LogP contribution is 2.42. The molecule has 0 saturated carbocycles. The van der Waals surface area contributed by atoms with Gasteiger partial charge in [0, 0.05) is 54.0 Å². The van der Waals surface area contributed by atoms with Crippen molar-refractivity contribution in [1.82, 2.24) is 5.32 Å². The molecule has 4 rings (SSSR count). The molecule has 2 heterocycles. The number of hydrogen-bond donors (Lipinski definition) is 2. The van der Waals surface area contributed by atoms with Crippen molar-refractivity contribution in [1.29, 1.82) is 5.26 Å². The van der Waals surface area contributed by atoms with Gasteiger partial charge in [0.15, 0.2) is 0 Å². The van der Waals surface area contributed by atoms with Crippen LogP contribution in [0.2, 0.25) is 0 Å². The zero-order chi connectivity index (χ0) is 23.4. The van der Waals surface area contributed by atoms with Crippen LogP contribution in [0.25, 0.3) is 5.57 Å². The molecule has 1 atom stereocenters. The van der Waals surface area contributed by atoms with Crippen molar-refractivity contribution >= 4 is 17.5 Å². The summed E-state index contributed by atoms with van der Waals surface area (Å²) in [4.78, 5) is 7.03. The number of ether oxygens (including phenoxy) is 1. The van der Waals surface area contributed by atoms with Crippen LogP contribution in [0.15, 0.2) is 41.5 Å². The summed E-state index contributed by atoms with van der Waals surface area (Å²) in [5.41, 5.74) is 9.78. The maximum absolute atomic E-state index is 13.9. The molecule has 1 saturated heterocycles. The van der Waals surface area contributed by atoms with Crippen LogP contribution in [0.4, 0.5) is 10.1 Å². The third kappa shape index (κ3) is 4.86. The molecule has 2 aliphatic heterocycles. The van der Waals surface area contributed by atoms with E-state index >= 15 is 0 Å². The Kier molecular flexibility index (Phi) is 6.95. The average molecular weight is 448 g/mol. The lowest BCUT2D eigenvalue weighted by Gasteiger charge is -2.35. The average Bonchev–Trinajstić information content (AvgIpc) is 2.84. The number of nitrogens with zero attached hydrogens (tertiary/aromatic N) is 3. The Bertz CT molecular complexity index is 1110. The van der Waals surface area contributed by atoms with Gasteiger partial charge in [-0.3, -0.25) is 4.99 Å². The summed E-state index contributed by atoms with van der Waals surface area (Å²) < 4.78 is 20.2. The lowest BCUT2D eigenvalue weighted by atomic mass is 9.92. The molecule has 0 aliphatic carbocycles. The van der Waals surface area contributed by atoms with Crippen LogP contribution in [-0.4, -0.2) is 38.4 Å². The zero-order valence-corrected chi connectivity index (χ0v) is 19.1. The summed E-state index contributed by atoms with van der Waals surface area (Å²) in [6.07, 6.45) is 7.22. The number of nitriles is 1. The van der Waals surface area contributed by atoms with Crippen LogP contribution >= 0.6 is 0 Å². The number of fused-ring (bicyclic) bond motifs is 1. The SMILES string of the molecule is CC1CCc2c(ccc(C(C=NC3CCNCC3)=CN)c2Oc2ccc(F)c(C#N)c2)N1C. The van der Waals surface area contributed by atoms with E-state index in [2.05, 4.69) is 30.3 Å². The monoisotopic (exact) mass is 447 g/mol. The number of nitrogens with two attached hydrogens (primary N) is 1. The normalized spacial score (nSPS) is 19.4. The van der Waals surface area contributed by atoms with Crippen LogP contribution < -0.4 is 20.7 Å². The second kappa shape index (κ2) is 10.1. The lowest BCUT2D eigenvalue weighted by molar-refractivity contribution is 0.460. The molecule has 1 fully saturated rings. The Morgan fingerprint density at radius 2 is 2.06 bits per heavy atom. The van der Waals surface area contributed by atoms with Crippen molar-refractivity contribution in [2.45, 2.75) is 44.7 Å². The fourth-order valence-electron chi connectivity index (χ4n) is 4.43. The van der Waals surface area contributed by atoms with E-state index in [0.717, 1.165) is 61.2 Å². The van der Waals surface area contributed by atoms with Gasteiger partial charge in [-0.15, -0.1) is 0 Å². The number of halogens is 1. The van der Waals surface area contributed by atoms with Gasteiger partial charge in [0.05, 0.1) is 11.6 Å². The van der Waals surface area contributed by atoms with Gasteiger partial charge in [0.2, 0.25) is 0 Å². The number of allylic oxidation sites excluding steroid dienone is 1. The van der Waals surface area contributed by atoms with E-state index in [9.17, 15) is 9.65 Å². The minimum Gasteiger partial charge on any atom is -0.456 e. The second-order valence-electron chi connectivity index (χ2n) is 8.68. The Labute approximate surface area is 194 Å². The zero-order valence-electron chi connectivity index (χ0n) is 19.1. The molecule has 0 amide bonds. The van der Waals surface area contributed by atoms with E-state index in [1.54, 1.807) is 12.3 Å². The third-order valence-corrected chi connectivity index (χ3v) is 6.59. The van der Waals surface area contributed by atoms with Crippen LogP contribution in [0, 0.1) is 17.1 Å². The van der Waals surface area contributed by atoms with Crippen LogP contribution in [0.1, 0.15) is 42.9 Å². The predicted octanol–water partition coefficient (Wildman–Crippen LogP) is 4.38. The van der Waals surface area contributed by atoms with Crippen molar-refractivity contribution in [2.24, 2.45) is 10.7 Å². The molecule has 7 heteroatoms. The summed E-state index contributed by atoms with van der Waals surface area (Å²) in [5, 5.41) is 12.6. The van der Waals surface area contributed by atoms with Crippen LogP contribution in [-0.2, 0) is 6.42 Å². The topological polar surface area (TPSA) is 86.7 Å². The van der Waals surface area contributed by atoms with Crippen molar-refractivity contribution < 1.29 is 9.13 Å². The van der Waals surface area contributed by atoms with Crippen molar-refractivity contribution in [3.05, 3.63) is 59.0 Å². The molecule has 2 aliphatic rings. The largest absolute Gasteiger partial charge is 0.456 e. The highest BCUT2D eigenvalue weighted by Gasteiger charge is 2.26. The number of piperidine rings is 1. The smallest absolute Gasteiger partial charge is 0.141 e. The Hall–Kier alpha value is -3.37. The van der Waals surface area contributed by atoms with Crippen molar-refractivity contribution in [3.63, 3.8) is 0 Å². The van der Waals surface area contributed by atoms with Gasteiger partial charge >= 0.3 is 0 Å². The molecule has 6 nitrogen and oxygen atoms in total. The molecular formula is C26H30FN5O. The highest BCUT2D eigenvalue weighted by atomic mass is 19.1. The van der Waals surface area contributed by atoms with Gasteiger partial charge in [-0.05, 0) is 70.0 Å². The first kappa shape index (κ1) is 22.8. The number of aliphatic imine (C=N–C) groups is 1. The molecule has 1 unspecified atom stereocenters. The standard InChI is InChI=1S/C26H30FN5O/c1-17-3-5-23-25(32(17)2)8-6-22(19(15-29)16-31-20-9-11-30-12-10-20)26(23)33-21-4-7-24(27)18(13-21)14-28/h4,6-8,13,15-17,20,30H,3,5,9-12,29H2,1-2H3. The van der Waals surface area contributed by atoms with Crippen LogP contribution in [0.5, 0.6) is 11.5 Å². The molecule has 172 valence electrons. The minimum absolute atomic E-state index is 0.0494. The number of hydrogen-bond acceptors (Lipinski definition) is 6. The van der Waals surface area contributed by atoms with E-state index in [1.165, 1.54) is 12.1 Å². The Morgan fingerprint density at radius 1 is 1.27 bits per heavy atom. The maximum atomic E-state index is 13.9. The fourth-order valence-corrected chi connectivity index (χ4v) is 4.43. The van der Waals surface area contributed by atoms with Gasteiger partial charge < -0.3 is 20.7 Å². The second-order valence-corrected chi connectivity index (χ2v) is 8.68. The van der Waals surface area contributed by atoms with E-state index in [0.29, 0.717) is 17.5 Å². The Morgan fingerprint density at radius 3 is 2.79 bits per heavy atom. The molecule has 0 spiro atoms. The van der Waals surface area contributed by atoms with E-state index in [-0.39, 0.29) is 11.6 Å². The summed E-state index contributed by atoms with van der Waals surface area (Å²) in [5.74, 6) is 0.524. The number of rotatable bonds is 5. The molecule has 33 heavy (non-hydrogen) atoms. The van der Waals surface area contributed by atoms with Gasteiger partial charge in [-0.25, -0.2) is 4.39 Å². The van der Waals surface area contributed by atoms with Crippen molar-refractivity contribution in [3.8, 4) is 17.6 Å². The van der Waals surface area contributed by atoms with Gasteiger partial charge in [0.1, 0.15) is 23.4 Å². The van der Waals surface area contributed by atoms with Gasteiger partial charge in [0.25, 0.3) is 0 Å². The van der Waals surface area contributed by atoms with E-state index < -0.39 is 5.82 Å². The quantitative estimate of drug-likeness (QED) is 0.664. The first-order valence-corrected chi connectivity index (χ1v) is 11.4. The molecule has 2 aromatic carbocycles. The summed E-state index contributed by atoms with van der Waals surface area (Å²) >= 11 is 0. The van der Waals surface area contributed by atoms with Crippen LogP contribution in [0.3, 0.4) is 0 Å². The predicted molar refractivity (Wildman–Crippen MR) is 130 cm³/mol. The van der Waals surface area contributed by atoms with E-state index in [1.807, 2.05) is 18.4 Å². The molecule has 0 bridgehead atoms. The summed E-state index contributed by atoms with van der Waals surface area (Å²) in [6, 6.07) is 10.9. The molecule has 0 aromatic heterocycles. The summed E-state index contributed by atoms with van der Waals surface area (Å²) in [7, 11) is 2.08. The van der Waals surface area contributed by atoms with Gasteiger partial charge in [-0.2, -0.15) is 5.26 Å². The third-order valence-electron chi connectivity index (χ3n) is 6.59. The van der Waals surface area contributed by atoms with Crippen molar-refractivity contribution in [2.75, 3.05) is 25.0 Å². The van der Waals surface area contributed by atoms with E-state index in [4.69, 9.17) is 15.5 Å². The highest BCUT2D eigenvalue weighted by molar-refractivity contribution is 6.11. The number of nitrogens with one attached hydrogen (secondary N) is 1. The molecule has 3 N–H and O–H groups in total. The molecule has 0 radical (unpaired) electrons. The number of anilines is 1. The molecular weight excluding hydrogens is 417 g/mol. The lowest BCUT2D eigenvalue weighted by Crippen LogP contribution is -2.33. The summed E-state index contributed by atoms with van der Waals surface area (Å²) in [6.45, 7) is 4.13. The fraction of sp³-hybridized carbons (Fsp3) is 0.385. The first-order chi connectivity index (χ1) is 16.0. The minimum atomic E-state index is -0.564. The van der Waals surface area contributed by atoms with Gasteiger partial charge in [-0.1, -0.05) is 0 Å².